The second-order valence-corrected chi connectivity index (χ2v) is 6.11. The summed E-state index contributed by atoms with van der Waals surface area (Å²) in [6.45, 7) is 3.39. The summed E-state index contributed by atoms with van der Waals surface area (Å²) in [5, 5.41) is 7.17. The molecule has 0 saturated carbocycles. The number of aromatic nitrogens is 1. The molecule has 0 bridgehead atoms. The molecular formula is C11H17Cl2N3OS. The van der Waals surface area contributed by atoms with Gasteiger partial charge in [-0.2, -0.15) is 0 Å². The van der Waals surface area contributed by atoms with Gasteiger partial charge < -0.3 is 10.6 Å². The van der Waals surface area contributed by atoms with E-state index in [2.05, 4.69) is 15.6 Å². The van der Waals surface area contributed by atoms with Crippen molar-refractivity contribution in [2.24, 2.45) is 0 Å². The van der Waals surface area contributed by atoms with E-state index >= 15 is 0 Å². The Kier molecular flexibility index (Phi) is 6.75. The Morgan fingerprint density at radius 1 is 1.28 bits per heavy atom. The van der Waals surface area contributed by atoms with Crippen LogP contribution in [0.3, 0.4) is 0 Å². The average Bonchev–Trinajstić information content (AvgIpc) is 2.29. The van der Waals surface area contributed by atoms with Gasteiger partial charge in [-0.05, 0) is 19.4 Å². The zero-order valence-corrected chi connectivity index (χ0v) is 12.8. The van der Waals surface area contributed by atoms with Crippen LogP contribution < -0.4 is 10.6 Å². The molecular weight excluding hydrogens is 293 g/mol. The van der Waals surface area contributed by atoms with Gasteiger partial charge in [0.2, 0.25) is 0 Å². The number of nitrogens with zero attached hydrogens (tertiary/aromatic N) is 1. The summed E-state index contributed by atoms with van der Waals surface area (Å²) in [6, 6.07) is 1.66. The van der Waals surface area contributed by atoms with Crippen molar-refractivity contribution in [2.45, 2.75) is 13.3 Å². The first kappa shape index (κ1) is 15.5. The Bertz CT molecular complexity index is 429. The van der Waals surface area contributed by atoms with Crippen molar-refractivity contribution in [3.8, 4) is 0 Å². The number of nitrogens with one attached hydrogen (secondary N) is 2. The zero-order chi connectivity index (χ0) is 13.5. The molecule has 0 amide bonds. The number of anilines is 2. The van der Waals surface area contributed by atoms with Crippen molar-refractivity contribution in [3.05, 3.63) is 16.1 Å². The van der Waals surface area contributed by atoms with Crippen LogP contribution in [0.4, 0.5) is 11.6 Å². The van der Waals surface area contributed by atoms with E-state index in [0.717, 1.165) is 13.0 Å². The van der Waals surface area contributed by atoms with E-state index in [1.807, 2.05) is 6.92 Å². The van der Waals surface area contributed by atoms with Gasteiger partial charge in [0.15, 0.2) is 0 Å². The molecule has 0 aromatic carbocycles. The molecule has 0 spiro atoms. The summed E-state index contributed by atoms with van der Waals surface area (Å²) < 4.78 is 10.9. The number of hydrogen-bond acceptors (Lipinski definition) is 4. The summed E-state index contributed by atoms with van der Waals surface area (Å²) in [4.78, 5) is 4.32. The van der Waals surface area contributed by atoms with E-state index in [0.29, 0.717) is 34.0 Å². The van der Waals surface area contributed by atoms with Crippen molar-refractivity contribution in [1.29, 1.82) is 0 Å². The highest BCUT2D eigenvalue weighted by Gasteiger charge is 2.08. The van der Waals surface area contributed by atoms with E-state index < -0.39 is 10.8 Å². The molecule has 1 aromatic heterocycles. The van der Waals surface area contributed by atoms with Gasteiger partial charge in [0.1, 0.15) is 11.6 Å². The second-order valence-electron chi connectivity index (χ2n) is 3.74. The first-order valence-electron chi connectivity index (χ1n) is 5.68. The lowest BCUT2D eigenvalue weighted by atomic mass is 10.4. The maximum atomic E-state index is 10.9. The molecule has 0 radical (unpaired) electrons. The fourth-order valence-electron chi connectivity index (χ4n) is 1.36. The highest BCUT2D eigenvalue weighted by atomic mass is 35.5. The lowest BCUT2D eigenvalue weighted by Crippen LogP contribution is -2.09. The zero-order valence-electron chi connectivity index (χ0n) is 10.4. The summed E-state index contributed by atoms with van der Waals surface area (Å²) in [6.07, 6.45) is 2.50. The topological polar surface area (TPSA) is 54.0 Å². The molecule has 0 aliphatic rings. The molecule has 1 unspecified atom stereocenters. The van der Waals surface area contributed by atoms with E-state index in [9.17, 15) is 4.21 Å². The molecule has 1 aromatic rings. The summed E-state index contributed by atoms with van der Waals surface area (Å²) in [5.74, 6) is 1.88. The molecule has 7 heteroatoms. The largest absolute Gasteiger partial charge is 0.369 e. The number of halogens is 2. The summed E-state index contributed by atoms with van der Waals surface area (Å²) in [5.41, 5.74) is 0. The Morgan fingerprint density at radius 2 is 1.89 bits per heavy atom. The Morgan fingerprint density at radius 3 is 2.44 bits per heavy atom. The fourth-order valence-corrected chi connectivity index (χ4v) is 2.41. The molecule has 0 fully saturated rings. The van der Waals surface area contributed by atoms with Gasteiger partial charge in [0.25, 0.3) is 0 Å². The predicted octanol–water partition coefficient (Wildman–Crippen LogP) is 3.00. The van der Waals surface area contributed by atoms with Crippen LogP contribution >= 0.6 is 23.2 Å². The van der Waals surface area contributed by atoms with Crippen LogP contribution in [-0.2, 0) is 10.8 Å². The lowest BCUT2D eigenvalue weighted by molar-refractivity contribution is 0.685. The second kappa shape index (κ2) is 7.81. The Hall–Kier alpha value is -0.520. The maximum Gasteiger partial charge on any atom is 0.147 e. The smallest absolute Gasteiger partial charge is 0.147 e. The molecule has 1 heterocycles. The number of pyridine rings is 1. The van der Waals surface area contributed by atoms with Crippen LogP contribution in [0, 0.1) is 0 Å². The van der Waals surface area contributed by atoms with Gasteiger partial charge in [-0.3, -0.25) is 4.21 Å². The monoisotopic (exact) mass is 309 g/mol. The van der Waals surface area contributed by atoms with E-state index in [4.69, 9.17) is 23.2 Å². The fraction of sp³-hybridized carbons (Fsp3) is 0.545. The first-order chi connectivity index (χ1) is 8.54. The van der Waals surface area contributed by atoms with Gasteiger partial charge in [0, 0.05) is 35.9 Å². The Labute approximate surface area is 120 Å². The van der Waals surface area contributed by atoms with E-state index in [-0.39, 0.29) is 0 Å². The molecule has 2 N–H and O–H groups in total. The van der Waals surface area contributed by atoms with Crippen molar-refractivity contribution >= 4 is 45.6 Å². The maximum absolute atomic E-state index is 10.9. The van der Waals surface area contributed by atoms with Crippen LogP contribution in [0.2, 0.25) is 10.0 Å². The number of hydrogen-bond donors (Lipinski definition) is 2. The molecule has 4 nitrogen and oxygen atoms in total. The standard InChI is InChI=1S/C11H17Cl2N3OS/c1-3-14-10-8(12)7-9(13)11(16-10)15-5-4-6-18(2)17/h7H,3-6H2,1-2H3,(H2,14,15,16). The Balaban J connectivity index is 2.64. The van der Waals surface area contributed by atoms with Gasteiger partial charge in [0.05, 0.1) is 10.0 Å². The van der Waals surface area contributed by atoms with Gasteiger partial charge in [-0.15, -0.1) is 0 Å². The number of rotatable bonds is 7. The summed E-state index contributed by atoms with van der Waals surface area (Å²) in [7, 11) is -0.767. The van der Waals surface area contributed by atoms with Crippen molar-refractivity contribution < 1.29 is 4.21 Å². The van der Waals surface area contributed by atoms with E-state index in [1.54, 1.807) is 12.3 Å². The van der Waals surface area contributed by atoms with Crippen LogP contribution in [0.1, 0.15) is 13.3 Å². The average molecular weight is 310 g/mol. The van der Waals surface area contributed by atoms with Crippen molar-refractivity contribution in [3.63, 3.8) is 0 Å². The van der Waals surface area contributed by atoms with Crippen LogP contribution in [0.25, 0.3) is 0 Å². The van der Waals surface area contributed by atoms with Crippen molar-refractivity contribution in [2.75, 3.05) is 35.7 Å². The highest BCUT2D eigenvalue weighted by Crippen LogP contribution is 2.28. The first-order valence-corrected chi connectivity index (χ1v) is 8.16. The highest BCUT2D eigenvalue weighted by molar-refractivity contribution is 7.84. The SMILES string of the molecule is CCNc1nc(NCCCS(C)=O)c(Cl)cc1Cl. The van der Waals surface area contributed by atoms with Crippen molar-refractivity contribution in [1.82, 2.24) is 4.98 Å². The molecule has 102 valence electrons. The normalized spacial score (nSPS) is 12.2. The minimum atomic E-state index is -0.767. The van der Waals surface area contributed by atoms with Gasteiger partial charge >= 0.3 is 0 Å². The van der Waals surface area contributed by atoms with Crippen LogP contribution in [0.5, 0.6) is 0 Å². The third-order valence-corrected chi connectivity index (χ3v) is 3.61. The molecule has 1 rings (SSSR count). The molecule has 18 heavy (non-hydrogen) atoms. The minimum Gasteiger partial charge on any atom is -0.369 e. The van der Waals surface area contributed by atoms with E-state index in [1.165, 1.54) is 0 Å². The lowest BCUT2D eigenvalue weighted by Gasteiger charge is -2.11. The summed E-state index contributed by atoms with van der Waals surface area (Å²) >= 11 is 12.1. The quantitative estimate of drug-likeness (QED) is 0.760. The van der Waals surface area contributed by atoms with Gasteiger partial charge in [-0.25, -0.2) is 4.98 Å². The van der Waals surface area contributed by atoms with Crippen LogP contribution in [-0.4, -0.2) is 34.3 Å². The van der Waals surface area contributed by atoms with Gasteiger partial charge in [-0.1, -0.05) is 23.2 Å². The molecule has 0 aliphatic carbocycles. The predicted molar refractivity (Wildman–Crippen MR) is 80.5 cm³/mol. The molecule has 0 aliphatic heterocycles. The minimum absolute atomic E-state index is 0.485. The third-order valence-electron chi connectivity index (χ3n) is 2.17. The molecule has 1 atom stereocenters. The molecule has 0 saturated heterocycles. The van der Waals surface area contributed by atoms with Crippen LogP contribution in [0.15, 0.2) is 6.07 Å². The third kappa shape index (κ3) is 5.00.